The Morgan fingerprint density at radius 1 is 0.389 bits per heavy atom. The van der Waals surface area contributed by atoms with E-state index >= 15 is 14.4 Å². The molecule has 0 spiro atoms. The van der Waals surface area contributed by atoms with Crippen molar-refractivity contribution < 1.29 is 0 Å². The largest absolute Gasteiger partial charge is 0.336 e. The predicted octanol–water partition coefficient (Wildman–Crippen LogP) is 10.1. The standard InChI is InChI=1S/C45H45N3O3S3/c1-31(40-22-13-25-52-40)37(28-34-16-7-4-8-17-34)46-43(49)47(38(29-35-18-9-5-10-19-35)32(2)41-23-14-26-53-41)45(51)48(44(46)50)39(30-36-20-11-6-12-21-36)33(3)42-24-15-27-54-42/h4-27,31-33,37-39H,28-30H2,1-3H3. The lowest BCUT2D eigenvalue weighted by Crippen LogP contribution is -2.59. The Labute approximate surface area is 328 Å². The van der Waals surface area contributed by atoms with Crippen LogP contribution in [0.15, 0.2) is 158 Å². The minimum Gasteiger partial charge on any atom is -0.247 e. The second-order valence-electron chi connectivity index (χ2n) is 14.1. The summed E-state index contributed by atoms with van der Waals surface area (Å²) in [7, 11) is 0. The van der Waals surface area contributed by atoms with Gasteiger partial charge >= 0.3 is 17.1 Å². The molecule has 6 nitrogen and oxygen atoms in total. The van der Waals surface area contributed by atoms with Crippen LogP contribution in [0.1, 0.15) is 88.0 Å². The molecule has 0 radical (unpaired) electrons. The number of nitrogens with zero attached hydrogens (tertiary/aromatic N) is 3. The second-order valence-corrected chi connectivity index (χ2v) is 17.1. The van der Waals surface area contributed by atoms with Crippen molar-refractivity contribution in [2.75, 3.05) is 0 Å². The molecule has 6 unspecified atom stereocenters. The Hall–Kier alpha value is -4.83. The summed E-state index contributed by atoms with van der Waals surface area (Å²) in [5, 5.41) is 6.10. The average Bonchev–Trinajstić information content (AvgIpc) is 4.03. The molecule has 4 heterocycles. The van der Waals surface area contributed by atoms with E-state index in [9.17, 15) is 0 Å². The van der Waals surface area contributed by atoms with Gasteiger partial charge in [0.05, 0.1) is 18.1 Å². The fourth-order valence-corrected chi connectivity index (χ4v) is 10.2. The fraction of sp³-hybridized carbons (Fsp3) is 0.267. The molecule has 6 atom stereocenters. The van der Waals surface area contributed by atoms with Gasteiger partial charge in [-0.3, -0.25) is 0 Å². The third-order valence-corrected chi connectivity index (χ3v) is 14.0. The number of benzene rings is 3. The van der Waals surface area contributed by atoms with Crippen molar-refractivity contribution in [3.8, 4) is 0 Å². The maximum Gasteiger partial charge on any atom is 0.336 e. The summed E-state index contributed by atoms with van der Waals surface area (Å²) in [5.41, 5.74) is 1.37. The highest BCUT2D eigenvalue weighted by Gasteiger charge is 2.35. The molecule has 0 aliphatic rings. The first-order valence-electron chi connectivity index (χ1n) is 18.5. The Bertz CT molecular complexity index is 2080. The maximum absolute atomic E-state index is 15.5. The van der Waals surface area contributed by atoms with Gasteiger partial charge in [-0.1, -0.05) is 130 Å². The number of thiophene rings is 3. The lowest BCUT2D eigenvalue weighted by molar-refractivity contribution is 0.286. The van der Waals surface area contributed by atoms with Crippen LogP contribution in [-0.4, -0.2) is 13.7 Å². The maximum atomic E-state index is 15.5. The van der Waals surface area contributed by atoms with Crippen LogP contribution in [0.3, 0.4) is 0 Å². The molecule has 9 heteroatoms. The van der Waals surface area contributed by atoms with Gasteiger partial charge in [-0.25, -0.2) is 28.1 Å². The Morgan fingerprint density at radius 3 is 0.870 bits per heavy atom. The zero-order valence-electron chi connectivity index (χ0n) is 30.7. The first-order chi connectivity index (χ1) is 26.3. The quantitative estimate of drug-likeness (QED) is 0.104. The van der Waals surface area contributed by atoms with E-state index < -0.39 is 35.2 Å². The van der Waals surface area contributed by atoms with Crippen molar-refractivity contribution in [2.24, 2.45) is 0 Å². The molecule has 0 saturated carbocycles. The zero-order valence-corrected chi connectivity index (χ0v) is 33.2. The molecule has 4 aromatic heterocycles. The molecule has 0 N–H and O–H groups in total. The molecule has 0 amide bonds. The monoisotopic (exact) mass is 771 g/mol. The summed E-state index contributed by atoms with van der Waals surface area (Å²) < 4.78 is 4.32. The first-order valence-corrected chi connectivity index (χ1v) is 21.2. The van der Waals surface area contributed by atoms with E-state index in [2.05, 4.69) is 39.0 Å². The molecule has 276 valence electrons. The summed E-state index contributed by atoms with van der Waals surface area (Å²) in [6, 6.07) is 40.7. The van der Waals surface area contributed by atoms with Gasteiger partial charge in [0.15, 0.2) is 0 Å². The van der Waals surface area contributed by atoms with Gasteiger partial charge in [-0.2, -0.15) is 0 Å². The van der Waals surface area contributed by atoms with Crippen LogP contribution in [-0.2, 0) is 19.3 Å². The lowest BCUT2D eigenvalue weighted by atomic mass is 9.92. The van der Waals surface area contributed by atoms with E-state index in [1.165, 1.54) is 13.7 Å². The molecule has 0 fully saturated rings. The van der Waals surface area contributed by atoms with E-state index in [4.69, 9.17) is 0 Å². The minimum absolute atomic E-state index is 0.195. The van der Waals surface area contributed by atoms with Crippen molar-refractivity contribution in [3.05, 3.63) is 206 Å². The van der Waals surface area contributed by atoms with Gasteiger partial charge in [-0.15, -0.1) is 34.0 Å². The summed E-state index contributed by atoms with van der Waals surface area (Å²) in [6.07, 6.45) is 1.34. The number of hydrogen-bond acceptors (Lipinski definition) is 6. The van der Waals surface area contributed by atoms with Crippen molar-refractivity contribution in [2.45, 2.75) is 75.9 Å². The van der Waals surface area contributed by atoms with E-state index in [-0.39, 0.29) is 17.8 Å². The van der Waals surface area contributed by atoms with Crippen LogP contribution >= 0.6 is 34.0 Å². The topological polar surface area (TPSA) is 66.0 Å². The molecule has 54 heavy (non-hydrogen) atoms. The molecule has 7 rings (SSSR count). The highest BCUT2D eigenvalue weighted by Crippen LogP contribution is 2.37. The van der Waals surface area contributed by atoms with Gasteiger partial charge < -0.3 is 0 Å². The molecule has 3 aromatic carbocycles. The van der Waals surface area contributed by atoms with Crippen molar-refractivity contribution in [1.82, 2.24) is 13.7 Å². The Morgan fingerprint density at radius 2 is 0.648 bits per heavy atom. The highest BCUT2D eigenvalue weighted by molar-refractivity contribution is 7.10. The first kappa shape index (κ1) is 37.5. The van der Waals surface area contributed by atoms with Crippen LogP contribution in [0.5, 0.6) is 0 Å². The number of hydrogen-bond donors (Lipinski definition) is 0. The SMILES string of the molecule is CC(c1cccs1)C(Cc1ccccc1)n1c(=O)n(C(Cc2ccccc2)C(C)c2cccs2)c(=O)n(C(Cc2ccccc2)C(C)c2cccs2)c1=O. The number of aromatic nitrogens is 3. The predicted molar refractivity (Wildman–Crippen MR) is 225 cm³/mol. The molecule has 0 saturated heterocycles. The summed E-state index contributed by atoms with van der Waals surface area (Å²) in [4.78, 5) is 49.7. The number of rotatable bonds is 15. The molecular weight excluding hydrogens is 727 g/mol. The van der Waals surface area contributed by atoms with Gasteiger partial charge in [0.25, 0.3) is 0 Å². The van der Waals surface area contributed by atoms with Crippen LogP contribution < -0.4 is 17.1 Å². The van der Waals surface area contributed by atoms with Crippen molar-refractivity contribution >= 4 is 34.0 Å². The van der Waals surface area contributed by atoms with E-state index in [1.807, 2.05) is 125 Å². The van der Waals surface area contributed by atoms with Crippen molar-refractivity contribution in [3.63, 3.8) is 0 Å². The van der Waals surface area contributed by atoms with E-state index in [1.54, 1.807) is 34.0 Å². The van der Waals surface area contributed by atoms with Crippen LogP contribution in [0.25, 0.3) is 0 Å². The van der Waals surface area contributed by atoms with Crippen LogP contribution in [0.2, 0.25) is 0 Å². The fourth-order valence-electron chi connectivity index (χ4n) is 7.71. The normalized spacial score (nSPS) is 14.9. The smallest absolute Gasteiger partial charge is 0.247 e. The summed E-state index contributed by atoms with van der Waals surface area (Å²) >= 11 is 4.86. The summed E-state index contributed by atoms with van der Waals surface area (Å²) in [5.74, 6) is -0.584. The Balaban J connectivity index is 1.54. The molecule has 7 aromatic rings. The zero-order chi connectivity index (χ0) is 37.6. The lowest BCUT2D eigenvalue weighted by Gasteiger charge is -2.32. The van der Waals surface area contributed by atoms with Crippen LogP contribution in [0.4, 0.5) is 0 Å². The molecule has 0 aliphatic carbocycles. The Kier molecular flexibility index (Phi) is 11.9. The highest BCUT2D eigenvalue weighted by atomic mass is 32.1. The minimum atomic E-state index is -0.562. The molecule has 0 aliphatic heterocycles. The van der Waals surface area contributed by atoms with E-state index in [0.717, 1.165) is 31.3 Å². The van der Waals surface area contributed by atoms with Gasteiger partial charge in [0, 0.05) is 32.4 Å². The summed E-state index contributed by atoms with van der Waals surface area (Å²) in [6.45, 7) is 6.28. The van der Waals surface area contributed by atoms with Crippen molar-refractivity contribution in [1.29, 1.82) is 0 Å². The van der Waals surface area contributed by atoms with Gasteiger partial charge in [0.1, 0.15) is 0 Å². The third kappa shape index (κ3) is 7.99. The van der Waals surface area contributed by atoms with E-state index in [0.29, 0.717) is 19.3 Å². The van der Waals surface area contributed by atoms with Crippen LogP contribution in [0, 0.1) is 0 Å². The third-order valence-electron chi connectivity index (χ3n) is 10.8. The van der Waals surface area contributed by atoms with Gasteiger partial charge in [-0.05, 0) is 70.3 Å². The molecular formula is C45H45N3O3S3. The van der Waals surface area contributed by atoms with Gasteiger partial charge in [0.2, 0.25) is 0 Å². The average molecular weight is 772 g/mol. The molecule has 0 bridgehead atoms. The second kappa shape index (κ2) is 17.1.